The molecule has 3 rings (SSSR count). The predicted octanol–water partition coefficient (Wildman–Crippen LogP) is 1.08. The number of H-pyrrole nitrogens is 1. The molecule has 1 aromatic carbocycles. The Labute approximate surface area is 129 Å². The smallest absolute Gasteiger partial charge is 0.254 e. The van der Waals surface area contributed by atoms with Crippen molar-refractivity contribution in [2.75, 3.05) is 33.2 Å². The summed E-state index contributed by atoms with van der Waals surface area (Å²) in [4.78, 5) is 35.3. The van der Waals surface area contributed by atoms with E-state index in [4.69, 9.17) is 0 Å². The van der Waals surface area contributed by atoms with Crippen LogP contribution in [0.5, 0.6) is 0 Å². The monoisotopic (exact) mass is 300 g/mol. The number of imidazole rings is 1. The Kier molecular flexibility index (Phi) is 3.94. The zero-order valence-electron chi connectivity index (χ0n) is 12.9. The number of hydrogen-bond acceptors (Lipinski definition) is 4. The minimum absolute atomic E-state index is 0.0534. The van der Waals surface area contributed by atoms with E-state index in [9.17, 15) is 9.59 Å². The van der Waals surface area contributed by atoms with Gasteiger partial charge in [-0.1, -0.05) is 0 Å². The third-order valence-electron chi connectivity index (χ3n) is 3.98. The molecule has 1 N–H and O–H groups in total. The minimum Gasteiger partial charge on any atom is -0.342 e. The van der Waals surface area contributed by atoms with Crippen molar-refractivity contribution >= 4 is 22.7 Å². The number of nitrogens with one attached hydrogen (secondary N) is 1. The van der Waals surface area contributed by atoms with Crippen molar-refractivity contribution in [2.45, 2.75) is 13.3 Å². The molecule has 0 atom stereocenters. The molecule has 0 unspecified atom stereocenters. The topological polar surface area (TPSA) is 69.3 Å². The Morgan fingerprint density at radius 2 is 1.95 bits per heavy atom. The third-order valence-corrected chi connectivity index (χ3v) is 3.98. The minimum atomic E-state index is 0.0534. The molecule has 2 aromatic rings. The van der Waals surface area contributed by atoms with Gasteiger partial charge in [0, 0.05) is 31.7 Å². The number of amides is 1. The largest absolute Gasteiger partial charge is 0.342 e. The summed E-state index contributed by atoms with van der Waals surface area (Å²) in [6.07, 6.45) is 0.288. The molecule has 0 saturated carbocycles. The first-order valence-corrected chi connectivity index (χ1v) is 7.49. The van der Waals surface area contributed by atoms with Crippen molar-refractivity contribution in [1.82, 2.24) is 19.8 Å². The van der Waals surface area contributed by atoms with Gasteiger partial charge in [-0.15, -0.1) is 0 Å². The quantitative estimate of drug-likeness (QED) is 0.921. The molecule has 1 aromatic heterocycles. The van der Waals surface area contributed by atoms with Gasteiger partial charge in [0.1, 0.15) is 11.6 Å². The molecule has 6 nitrogen and oxygen atoms in total. The molecule has 6 heteroatoms. The number of piperazine rings is 1. The second-order valence-corrected chi connectivity index (χ2v) is 5.89. The van der Waals surface area contributed by atoms with E-state index in [1.807, 2.05) is 17.0 Å². The van der Waals surface area contributed by atoms with E-state index >= 15 is 0 Å². The summed E-state index contributed by atoms with van der Waals surface area (Å²) in [7, 11) is 2.06. The lowest BCUT2D eigenvalue weighted by Crippen LogP contribution is -2.47. The number of benzene rings is 1. The molecular formula is C16H20N4O2. The van der Waals surface area contributed by atoms with Gasteiger partial charge in [0.05, 0.1) is 17.5 Å². The van der Waals surface area contributed by atoms with Crippen LogP contribution in [0.1, 0.15) is 23.1 Å². The van der Waals surface area contributed by atoms with Crippen LogP contribution in [0.25, 0.3) is 11.0 Å². The molecule has 1 fully saturated rings. The van der Waals surface area contributed by atoms with Gasteiger partial charge in [-0.25, -0.2) is 4.98 Å². The van der Waals surface area contributed by atoms with Crippen molar-refractivity contribution in [1.29, 1.82) is 0 Å². The van der Waals surface area contributed by atoms with Crippen LogP contribution in [0.15, 0.2) is 18.2 Å². The number of fused-ring (bicyclic) bond motifs is 1. The molecule has 2 heterocycles. The van der Waals surface area contributed by atoms with Crippen molar-refractivity contribution in [3.05, 3.63) is 29.6 Å². The number of rotatable bonds is 3. The standard InChI is InChI=1S/C16H20N4O2/c1-11(21)9-15-17-13-4-3-12(10-14(13)18-15)16(22)20-7-5-19(2)6-8-20/h3-4,10H,5-9H2,1-2H3,(H,17,18). The second kappa shape index (κ2) is 5.88. The summed E-state index contributed by atoms with van der Waals surface area (Å²) in [5.41, 5.74) is 2.25. The van der Waals surface area contributed by atoms with Crippen LogP contribution < -0.4 is 0 Å². The summed E-state index contributed by atoms with van der Waals surface area (Å²) in [6.45, 7) is 4.86. The number of carbonyl (C=O) groups excluding carboxylic acids is 2. The fourth-order valence-electron chi connectivity index (χ4n) is 2.71. The van der Waals surface area contributed by atoms with E-state index in [2.05, 4.69) is 21.9 Å². The molecule has 0 aliphatic carbocycles. The highest BCUT2D eigenvalue weighted by Gasteiger charge is 2.20. The summed E-state index contributed by atoms with van der Waals surface area (Å²) < 4.78 is 0. The number of likely N-dealkylation sites (N-methyl/N-ethyl adjacent to an activating group) is 1. The summed E-state index contributed by atoms with van der Waals surface area (Å²) >= 11 is 0. The fourth-order valence-corrected chi connectivity index (χ4v) is 2.71. The van der Waals surface area contributed by atoms with Gasteiger partial charge in [0.2, 0.25) is 0 Å². The Morgan fingerprint density at radius 3 is 2.64 bits per heavy atom. The van der Waals surface area contributed by atoms with Crippen LogP contribution >= 0.6 is 0 Å². The Hall–Kier alpha value is -2.21. The molecule has 0 spiro atoms. The number of nitrogens with zero attached hydrogens (tertiary/aromatic N) is 3. The molecule has 1 aliphatic heterocycles. The van der Waals surface area contributed by atoms with Crippen molar-refractivity contribution < 1.29 is 9.59 Å². The van der Waals surface area contributed by atoms with Crippen molar-refractivity contribution in [3.63, 3.8) is 0 Å². The highest BCUT2D eigenvalue weighted by atomic mass is 16.2. The highest BCUT2D eigenvalue weighted by Crippen LogP contribution is 2.16. The van der Waals surface area contributed by atoms with Gasteiger partial charge < -0.3 is 14.8 Å². The molecule has 116 valence electrons. The molecule has 0 bridgehead atoms. The van der Waals surface area contributed by atoms with Crippen LogP contribution in [0, 0.1) is 0 Å². The maximum atomic E-state index is 12.6. The lowest BCUT2D eigenvalue weighted by atomic mass is 10.1. The van der Waals surface area contributed by atoms with E-state index < -0.39 is 0 Å². The number of Topliss-reactive ketones (excluding diaryl/α,β-unsaturated/α-hetero) is 1. The van der Waals surface area contributed by atoms with Crippen LogP contribution in [0.4, 0.5) is 0 Å². The number of ketones is 1. The first kappa shape index (κ1) is 14.7. The van der Waals surface area contributed by atoms with Gasteiger partial charge in [-0.05, 0) is 32.2 Å². The molecule has 1 saturated heterocycles. The summed E-state index contributed by atoms with van der Waals surface area (Å²) in [6, 6.07) is 5.47. The molecule has 1 aliphatic rings. The molecule has 22 heavy (non-hydrogen) atoms. The van der Waals surface area contributed by atoms with Gasteiger partial charge in [-0.2, -0.15) is 0 Å². The van der Waals surface area contributed by atoms with E-state index in [-0.39, 0.29) is 18.1 Å². The first-order chi connectivity index (χ1) is 10.5. The van der Waals surface area contributed by atoms with E-state index in [1.165, 1.54) is 6.92 Å². The number of carbonyl (C=O) groups is 2. The van der Waals surface area contributed by atoms with Gasteiger partial charge >= 0.3 is 0 Å². The lowest BCUT2D eigenvalue weighted by molar-refractivity contribution is -0.116. The normalized spacial score (nSPS) is 16.2. The van der Waals surface area contributed by atoms with E-state index in [1.54, 1.807) is 6.07 Å². The Morgan fingerprint density at radius 1 is 1.23 bits per heavy atom. The Bertz CT molecular complexity index is 714. The fraction of sp³-hybridized carbons (Fsp3) is 0.438. The van der Waals surface area contributed by atoms with Gasteiger partial charge in [0.25, 0.3) is 5.91 Å². The van der Waals surface area contributed by atoms with Crippen molar-refractivity contribution in [2.24, 2.45) is 0 Å². The van der Waals surface area contributed by atoms with E-state index in [0.29, 0.717) is 11.4 Å². The maximum Gasteiger partial charge on any atom is 0.254 e. The first-order valence-electron chi connectivity index (χ1n) is 7.49. The summed E-state index contributed by atoms with van der Waals surface area (Å²) in [5, 5.41) is 0. The van der Waals surface area contributed by atoms with E-state index in [0.717, 1.165) is 37.2 Å². The maximum absolute atomic E-state index is 12.6. The zero-order valence-corrected chi connectivity index (χ0v) is 12.9. The molecule has 0 radical (unpaired) electrons. The number of hydrogen-bond donors (Lipinski definition) is 1. The molecular weight excluding hydrogens is 280 g/mol. The van der Waals surface area contributed by atoms with Gasteiger partial charge in [-0.3, -0.25) is 9.59 Å². The Balaban J connectivity index is 1.81. The molecule has 1 amide bonds. The predicted molar refractivity (Wildman–Crippen MR) is 83.9 cm³/mol. The second-order valence-electron chi connectivity index (χ2n) is 5.89. The lowest BCUT2D eigenvalue weighted by Gasteiger charge is -2.32. The summed E-state index contributed by atoms with van der Waals surface area (Å²) in [5.74, 6) is 0.761. The van der Waals surface area contributed by atoms with Gasteiger partial charge in [0.15, 0.2) is 0 Å². The average molecular weight is 300 g/mol. The van der Waals surface area contributed by atoms with Crippen LogP contribution in [-0.4, -0.2) is 64.7 Å². The van der Waals surface area contributed by atoms with Crippen LogP contribution in [-0.2, 0) is 11.2 Å². The highest BCUT2D eigenvalue weighted by molar-refractivity contribution is 5.97. The average Bonchev–Trinajstić information content (AvgIpc) is 2.87. The third kappa shape index (κ3) is 3.01. The van der Waals surface area contributed by atoms with Crippen molar-refractivity contribution in [3.8, 4) is 0 Å². The SMILES string of the molecule is CC(=O)Cc1nc2ccc(C(=O)N3CCN(C)CC3)cc2[nH]1. The van der Waals surface area contributed by atoms with Crippen LogP contribution in [0.3, 0.4) is 0 Å². The number of aromatic nitrogens is 2. The van der Waals surface area contributed by atoms with Crippen LogP contribution in [0.2, 0.25) is 0 Å². The zero-order chi connectivity index (χ0) is 15.7. The number of aromatic amines is 1.